The predicted octanol–water partition coefficient (Wildman–Crippen LogP) is 17.8. The molecule has 3 aliphatic rings. The van der Waals surface area contributed by atoms with Crippen molar-refractivity contribution in [3.8, 4) is 0 Å². The summed E-state index contributed by atoms with van der Waals surface area (Å²) in [4.78, 5) is 0. The number of hydrogen-bond donors (Lipinski definition) is 0. The van der Waals surface area contributed by atoms with E-state index in [1.54, 1.807) is 33.4 Å². The topological polar surface area (TPSA) is 0 Å². The highest BCUT2D eigenvalue weighted by atomic mass is 14.8. The van der Waals surface area contributed by atoms with Gasteiger partial charge in [0.05, 0.1) is 0 Å². The minimum atomic E-state index is -0.248. The highest BCUT2D eigenvalue weighted by Gasteiger charge is 2.82. The Hall–Kier alpha value is -7.02. The van der Waals surface area contributed by atoms with Crippen molar-refractivity contribution in [1.29, 1.82) is 0 Å². The lowest BCUT2D eigenvalue weighted by atomic mass is 9.48. The summed E-state index contributed by atoms with van der Waals surface area (Å²) in [7, 11) is 0. The van der Waals surface area contributed by atoms with Crippen molar-refractivity contribution < 1.29 is 0 Å². The summed E-state index contributed by atoms with van der Waals surface area (Å²) < 4.78 is 0. The normalized spacial score (nSPS) is 20.8. The molecular weight excluding hydrogens is 889 g/mol. The first-order valence-electron chi connectivity index (χ1n) is 28.1. The smallest absolute Gasteiger partial charge is 0.0286 e. The number of hydrogen-bond acceptors (Lipinski definition) is 0. The van der Waals surface area contributed by atoms with Crippen LogP contribution in [0.2, 0.25) is 0 Å². The van der Waals surface area contributed by atoms with Crippen LogP contribution in [0.1, 0.15) is 166 Å². The van der Waals surface area contributed by atoms with Crippen molar-refractivity contribution in [3.05, 3.63) is 319 Å². The maximum Gasteiger partial charge on any atom is 0.0286 e. The first kappa shape index (κ1) is 48.0. The van der Waals surface area contributed by atoms with Crippen LogP contribution in [0.25, 0.3) is 0 Å². The number of benzene rings is 9. The molecule has 0 radical (unpaired) electrons. The lowest BCUT2D eigenvalue weighted by Gasteiger charge is -2.53. The van der Waals surface area contributed by atoms with Crippen LogP contribution in [-0.2, 0) is 54.8 Å². The molecule has 0 bridgehead atoms. The van der Waals surface area contributed by atoms with Crippen LogP contribution in [0.5, 0.6) is 0 Å². The molecule has 0 spiro atoms. The molecule has 9 aromatic carbocycles. The summed E-state index contributed by atoms with van der Waals surface area (Å²) in [6.07, 6.45) is 12.1. The first-order chi connectivity index (χ1) is 36.4. The molecule has 0 unspecified atom stereocenters. The molecule has 0 nitrogen and oxygen atoms in total. The zero-order valence-electron chi connectivity index (χ0n) is 44.3. The molecule has 0 amide bonds. The number of rotatable bonds is 18. The molecule has 9 aromatic rings. The van der Waals surface area contributed by atoms with Crippen molar-refractivity contribution in [1.82, 2.24) is 0 Å². The first-order valence-corrected chi connectivity index (χ1v) is 28.1. The van der Waals surface area contributed by atoms with Crippen LogP contribution in [0.15, 0.2) is 218 Å². The van der Waals surface area contributed by atoms with Crippen LogP contribution in [0.3, 0.4) is 0 Å². The van der Waals surface area contributed by atoms with E-state index in [9.17, 15) is 0 Å². The zero-order chi connectivity index (χ0) is 50.3. The van der Waals surface area contributed by atoms with E-state index in [-0.39, 0.29) is 21.7 Å². The molecule has 0 saturated carbocycles. The second-order valence-corrected chi connectivity index (χ2v) is 22.6. The largest absolute Gasteiger partial charge is 0.0653 e. The van der Waals surface area contributed by atoms with Gasteiger partial charge in [-0.15, -0.1) is 0 Å². The lowest BCUT2D eigenvalue weighted by Crippen LogP contribution is -2.54. The summed E-state index contributed by atoms with van der Waals surface area (Å²) >= 11 is 0. The van der Waals surface area contributed by atoms with Gasteiger partial charge in [0.1, 0.15) is 0 Å². The standard InChI is InChI=1S/C74H72/c1-5-38-72-65-47-59(41-53-26-14-8-15-27-53)61(43-55-30-18-10-19-31-55)49-67(65)73(39-6-2)69-51-63(45-57-34-22-12-23-35-57)64(46-58-36-24-13-25-37-58)52-70(69)74(40-7-3,71(72,73)4)68-50-62(44-56-32-20-11-21-33-56)60(48-66(68)72)42-54-28-16-9-17-29-54/h8-37,47-52H,5-7,38-46H2,1-4H3. The molecule has 0 heterocycles. The van der Waals surface area contributed by atoms with E-state index >= 15 is 0 Å². The molecule has 0 aliphatic heterocycles. The predicted molar refractivity (Wildman–Crippen MR) is 310 cm³/mol. The van der Waals surface area contributed by atoms with Crippen molar-refractivity contribution in [2.24, 2.45) is 5.41 Å². The summed E-state index contributed by atoms with van der Waals surface area (Å²) in [5.41, 5.74) is 25.9. The van der Waals surface area contributed by atoms with Crippen LogP contribution < -0.4 is 0 Å². The Kier molecular flexibility index (Phi) is 12.8. The van der Waals surface area contributed by atoms with Gasteiger partial charge in [-0.25, -0.2) is 0 Å². The minimum absolute atomic E-state index is 0.206. The van der Waals surface area contributed by atoms with Gasteiger partial charge in [-0.2, -0.15) is 0 Å². The number of fused-ring (bicyclic) bond motifs is 9. The Morgan fingerprint density at radius 3 is 0.554 bits per heavy atom. The molecule has 0 saturated heterocycles. The molecule has 3 aliphatic carbocycles. The highest BCUT2D eigenvalue weighted by Crippen LogP contribution is 2.85. The molecule has 12 rings (SSSR count). The molecule has 0 N–H and O–H groups in total. The van der Waals surface area contributed by atoms with Crippen molar-refractivity contribution >= 4 is 0 Å². The van der Waals surface area contributed by atoms with E-state index in [2.05, 4.69) is 246 Å². The van der Waals surface area contributed by atoms with E-state index in [0.717, 1.165) is 77.0 Å². The van der Waals surface area contributed by atoms with E-state index in [1.165, 1.54) is 66.8 Å². The second kappa shape index (κ2) is 19.7. The third kappa shape index (κ3) is 7.53. The fraction of sp³-hybridized carbons (Fsp3) is 0.270. The van der Waals surface area contributed by atoms with Gasteiger partial charge < -0.3 is 0 Å². The Morgan fingerprint density at radius 2 is 0.405 bits per heavy atom. The molecule has 74 heavy (non-hydrogen) atoms. The lowest BCUT2D eigenvalue weighted by molar-refractivity contribution is 0.0540. The Morgan fingerprint density at radius 1 is 0.243 bits per heavy atom. The van der Waals surface area contributed by atoms with Crippen molar-refractivity contribution in [3.63, 3.8) is 0 Å². The fourth-order valence-corrected chi connectivity index (χ4v) is 15.9. The quantitative estimate of drug-likeness (QED) is 0.0804. The Labute approximate surface area is 442 Å². The third-order valence-electron chi connectivity index (χ3n) is 18.6. The van der Waals surface area contributed by atoms with Crippen LogP contribution >= 0.6 is 0 Å². The second-order valence-electron chi connectivity index (χ2n) is 22.6. The SMILES string of the molecule is CCCC12c3cc(Cc4ccccc4)c(Cc4ccccc4)cc3C3(CCC)c4cc(Cc5ccccc5)c(Cc5ccccc5)cc4C(CCC)(c4cc(Cc5ccccc5)c(Cc5ccccc5)cc41)C23C. The van der Waals surface area contributed by atoms with Gasteiger partial charge in [0, 0.05) is 21.7 Å². The van der Waals surface area contributed by atoms with E-state index in [1.807, 2.05) is 0 Å². The Balaban J connectivity index is 1.23. The van der Waals surface area contributed by atoms with Gasteiger partial charge in [0.25, 0.3) is 0 Å². The van der Waals surface area contributed by atoms with Gasteiger partial charge in [0.15, 0.2) is 0 Å². The fourth-order valence-electron chi connectivity index (χ4n) is 15.9. The molecule has 0 heteroatoms. The third-order valence-corrected chi connectivity index (χ3v) is 18.6. The van der Waals surface area contributed by atoms with Crippen LogP contribution in [0.4, 0.5) is 0 Å². The average molecular weight is 961 g/mol. The van der Waals surface area contributed by atoms with Gasteiger partial charge >= 0.3 is 0 Å². The van der Waals surface area contributed by atoms with E-state index in [0.29, 0.717) is 0 Å². The van der Waals surface area contributed by atoms with Gasteiger partial charge in [0.2, 0.25) is 0 Å². The molecule has 0 fully saturated rings. The van der Waals surface area contributed by atoms with E-state index < -0.39 is 0 Å². The molecule has 0 aromatic heterocycles. The highest BCUT2D eigenvalue weighted by molar-refractivity contribution is 5.80. The summed E-state index contributed by atoms with van der Waals surface area (Å²) in [6, 6.07) is 84.7. The molecule has 368 valence electrons. The zero-order valence-corrected chi connectivity index (χ0v) is 44.3. The summed E-state index contributed by atoms with van der Waals surface area (Å²) in [6.45, 7) is 10.3. The van der Waals surface area contributed by atoms with Gasteiger partial charge in [-0.1, -0.05) is 265 Å². The monoisotopic (exact) mass is 961 g/mol. The minimum Gasteiger partial charge on any atom is -0.0653 e. The molecule has 0 atom stereocenters. The van der Waals surface area contributed by atoms with Crippen molar-refractivity contribution in [2.45, 2.75) is 121 Å². The van der Waals surface area contributed by atoms with Crippen molar-refractivity contribution in [2.75, 3.05) is 0 Å². The van der Waals surface area contributed by atoms with Gasteiger partial charge in [-0.05, 0) is 158 Å². The maximum absolute atomic E-state index is 2.86. The molecular formula is C74H72. The Bertz CT molecular complexity index is 2830. The van der Waals surface area contributed by atoms with E-state index in [4.69, 9.17) is 0 Å². The average Bonchev–Trinajstić information content (AvgIpc) is 4.03. The van der Waals surface area contributed by atoms with Crippen LogP contribution in [-0.4, -0.2) is 0 Å². The summed E-state index contributed by atoms with van der Waals surface area (Å²) in [5.74, 6) is 0. The summed E-state index contributed by atoms with van der Waals surface area (Å²) in [5, 5.41) is 0. The van der Waals surface area contributed by atoms with Gasteiger partial charge in [-0.3, -0.25) is 0 Å². The maximum atomic E-state index is 2.86. The van der Waals surface area contributed by atoms with Crippen LogP contribution in [0, 0.1) is 5.41 Å².